The molecule has 31 heavy (non-hydrogen) atoms. The molecule has 158 valence electrons. The van der Waals surface area contributed by atoms with E-state index in [9.17, 15) is 19.8 Å². The highest BCUT2D eigenvalue weighted by Crippen LogP contribution is 2.29. The van der Waals surface area contributed by atoms with Gasteiger partial charge >= 0.3 is 11.9 Å². The first-order valence-electron chi connectivity index (χ1n) is 10.1. The first-order valence-corrected chi connectivity index (χ1v) is 10.9. The summed E-state index contributed by atoms with van der Waals surface area (Å²) in [5.74, 6) is -0.931. The highest BCUT2D eigenvalue weighted by Gasteiger charge is 2.17. The van der Waals surface area contributed by atoms with Crippen LogP contribution in [0.4, 0.5) is 0 Å². The number of carbonyl (C=O) groups is 2. The van der Waals surface area contributed by atoms with Crippen molar-refractivity contribution in [2.24, 2.45) is 0 Å². The third-order valence-corrected chi connectivity index (χ3v) is 6.26. The van der Waals surface area contributed by atoms with E-state index in [1.54, 1.807) is 24.3 Å². The van der Waals surface area contributed by atoms with Crippen molar-refractivity contribution in [1.29, 1.82) is 0 Å². The Kier molecular flexibility index (Phi) is 5.86. The van der Waals surface area contributed by atoms with E-state index in [4.69, 9.17) is 4.98 Å². The second kappa shape index (κ2) is 8.73. The van der Waals surface area contributed by atoms with Gasteiger partial charge in [0.25, 0.3) is 0 Å². The standard InChI is InChI=1S/C24H22N2O4S/c1-2-3-8-21-25-22-19(13-20(31-22)24(29)30)26(21)14-15-9-11-16(12-10-15)17-6-4-5-7-18(17)23(27)28/h4-7,9-13H,2-3,8,14H2,1H3,(H,27,28)(H,29,30). The van der Waals surface area contributed by atoms with Crippen molar-refractivity contribution in [3.63, 3.8) is 0 Å². The van der Waals surface area contributed by atoms with Crippen LogP contribution in [0, 0.1) is 0 Å². The molecular weight excluding hydrogens is 412 g/mol. The molecule has 2 aromatic heterocycles. The maximum absolute atomic E-state index is 11.5. The molecule has 2 heterocycles. The van der Waals surface area contributed by atoms with Crippen molar-refractivity contribution in [2.75, 3.05) is 0 Å². The fourth-order valence-electron chi connectivity index (χ4n) is 3.66. The number of fused-ring (bicyclic) bond motifs is 1. The molecule has 0 unspecified atom stereocenters. The molecule has 0 aliphatic rings. The van der Waals surface area contributed by atoms with Gasteiger partial charge in [0.2, 0.25) is 0 Å². The molecule has 2 aromatic carbocycles. The summed E-state index contributed by atoms with van der Waals surface area (Å²) in [4.78, 5) is 28.6. The van der Waals surface area contributed by atoms with Gasteiger partial charge in [0.15, 0.2) is 0 Å². The number of hydrogen-bond acceptors (Lipinski definition) is 4. The zero-order valence-corrected chi connectivity index (χ0v) is 17.9. The molecule has 4 rings (SSSR count). The fraction of sp³-hybridized carbons (Fsp3) is 0.208. The molecule has 0 aliphatic heterocycles. The molecule has 7 heteroatoms. The van der Waals surface area contributed by atoms with Crippen LogP contribution in [0.3, 0.4) is 0 Å². The van der Waals surface area contributed by atoms with Gasteiger partial charge < -0.3 is 14.8 Å². The minimum absolute atomic E-state index is 0.271. The minimum Gasteiger partial charge on any atom is -0.478 e. The van der Waals surface area contributed by atoms with Gasteiger partial charge in [-0.15, -0.1) is 11.3 Å². The number of hydrogen-bond donors (Lipinski definition) is 2. The topological polar surface area (TPSA) is 92.4 Å². The SMILES string of the molecule is CCCCc1nc2sc(C(=O)O)cc2n1Cc1ccc(-c2ccccc2C(=O)O)cc1. The second-order valence-electron chi connectivity index (χ2n) is 7.37. The Morgan fingerprint density at radius 3 is 2.45 bits per heavy atom. The van der Waals surface area contributed by atoms with Crippen LogP contribution in [0.25, 0.3) is 21.5 Å². The average Bonchev–Trinajstić information content (AvgIpc) is 3.32. The highest BCUT2D eigenvalue weighted by molar-refractivity contribution is 7.20. The number of carboxylic acids is 2. The van der Waals surface area contributed by atoms with Crippen LogP contribution in [0.1, 0.15) is 51.2 Å². The van der Waals surface area contributed by atoms with E-state index in [0.29, 0.717) is 12.1 Å². The first-order chi connectivity index (χ1) is 15.0. The lowest BCUT2D eigenvalue weighted by molar-refractivity contribution is 0.0689. The number of thiophene rings is 1. The summed E-state index contributed by atoms with van der Waals surface area (Å²) in [5, 5.41) is 18.8. The molecule has 0 bridgehead atoms. The third-order valence-electron chi connectivity index (χ3n) is 5.25. The molecule has 0 amide bonds. The van der Waals surface area contributed by atoms with Crippen molar-refractivity contribution in [1.82, 2.24) is 9.55 Å². The number of aryl methyl sites for hydroxylation is 1. The Labute approximate surface area is 183 Å². The summed E-state index contributed by atoms with van der Waals surface area (Å²) in [7, 11) is 0. The summed E-state index contributed by atoms with van der Waals surface area (Å²) in [5.41, 5.74) is 3.67. The highest BCUT2D eigenvalue weighted by atomic mass is 32.1. The minimum atomic E-state index is -0.951. The molecule has 0 saturated carbocycles. The summed E-state index contributed by atoms with van der Waals surface area (Å²) in [6, 6.07) is 16.5. The smallest absolute Gasteiger partial charge is 0.346 e. The quantitative estimate of drug-likeness (QED) is 0.379. The maximum atomic E-state index is 11.5. The van der Waals surface area contributed by atoms with Crippen molar-refractivity contribution in [3.05, 3.63) is 76.4 Å². The Morgan fingerprint density at radius 2 is 1.77 bits per heavy atom. The summed E-state index contributed by atoms with van der Waals surface area (Å²) in [6.45, 7) is 2.71. The molecule has 0 radical (unpaired) electrons. The number of aromatic nitrogens is 2. The molecule has 6 nitrogen and oxygen atoms in total. The van der Waals surface area contributed by atoms with Crippen LogP contribution in [0.2, 0.25) is 0 Å². The number of carboxylic acid groups (broad SMARTS) is 2. The van der Waals surface area contributed by atoms with Crippen LogP contribution >= 0.6 is 11.3 Å². The van der Waals surface area contributed by atoms with Crippen LogP contribution in [-0.4, -0.2) is 31.7 Å². The Morgan fingerprint density at radius 1 is 1.03 bits per heavy atom. The van der Waals surface area contributed by atoms with Crippen LogP contribution in [0.5, 0.6) is 0 Å². The largest absolute Gasteiger partial charge is 0.478 e. The van der Waals surface area contributed by atoms with Crippen molar-refractivity contribution in [3.8, 4) is 11.1 Å². The lowest BCUT2D eigenvalue weighted by Crippen LogP contribution is -2.06. The van der Waals surface area contributed by atoms with Gasteiger partial charge in [-0.1, -0.05) is 55.8 Å². The van der Waals surface area contributed by atoms with Crippen molar-refractivity contribution in [2.45, 2.75) is 32.7 Å². The van der Waals surface area contributed by atoms with Gasteiger partial charge in [-0.3, -0.25) is 0 Å². The first kappa shape index (κ1) is 20.8. The van der Waals surface area contributed by atoms with Crippen LogP contribution in [-0.2, 0) is 13.0 Å². The number of benzene rings is 2. The van der Waals surface area contributed by atoms with E-state index in [1.807, 2.05) is 30.3 Å². The zero-order chi connectivity index (χ0) is 22.0. The second-order valence-corrected chi connectivity index (χ2v) is 8.40. The molecule has 4 aromatic rings. The number of unbranched alkanes of at least 4 members (excludes halogenated alkanes) is 1. The van der Waals surface area contributed by atoms with E-state index >= 15 is 0 Å². The zero-order valence-electron chi connectivity index (χ0n) is 17.0. The molecule has 0 fully saturated rings. The normalized spacial score (nSPS) is 11.1. The lowest BCUT2D eigenvalue weighted by Gasteiger charge is -2.11. The lowest BCUT2D eigenvalue weighted by atomic mass is 9.99. The average molecular weight is 435 g/mol. The molecule has 0 atom stereocenters. The maximum Gasteiger partial charge on any atom is 0.346 e. The van der Waals surface area contributed by atoms with E-state index in [0.717, 1.165) is 46.6 Å². The molecule has 2 N–H and O–H groups in total. The van der Waals surface area contributed by atoms with Gasteiger partial charge in [0, 0.05) is 13.0 Å². The van der Waals surface area contributed by atoms with Gasteiger partial charge in [0.1, 0.15) is 15.5 Å². The molecule has 0 saturated heterocycles. The Hall–Kier alpha value is -3.45. The van der Waals surface area contributed by atoms with Crippen LogP contribution < -0.4 is 0 Å². The fourth-order valence-corrected chi connectivity index (χ4v) is 4.55. The summed E-state index contributed by atoms with van der Waals surface area (Å²) in [6.07, 6.45) is 2.91. The predicted octanol–water partition coefficient (Wildman–Crippen LogP) is 5.55. The van der Waals surface area contributed by atoms with Gasteiger partial charge in [-0.2, -0.15) is 0 Å². The Bertz CT molecular complexity index is 1250. The van der Waals surface area contributed by atoms with E-state index in [-0.39, 0.29) is 10.4 Å². The van der Waals surface area contributed by atoms with Gasteiger partial charge in [-0.05, 0) is 35.2 Å². The molecular formula is C24H22N2O4S. The monoisotopic (exact) mass is 434 g/mol. The van der Waals surface area contributed by atoms with Crippen LogP contribution in [0.15, 0.2) is 54.6 Å². The van der Waals surface area contributed by atoms with Crippen molar-refractivity contribution < 1.29 is 19.8 Å². The van der Waals surface area contributed by atoms with Gasteiger partial charge in [0.05, 0.1) is 11.1 Å². The number of rotatable bonds is 8. The number of imidazole rings is 1. The number of nitrogens with zero attached hydrogens (tertiary/aromatic N) is 2. The third kappa shape index (κ3) is 4.22. The summed E-state index contributed by atoms with van der Waals surface area (Å²) < 4.78 is 2.09. The predicted molar refractivity (Wildman–Crippen MR) is 121 cm³/mol. The van der Waals surface area contributed by atoms with Crippen molar-refractivity contribution >= 4 is 33.6 Å². The van der Waals surface area contributed by atoms with E-state index < -0.39 is 11.9 Å². The molecule has 0 spiro atoms. The van der Waals surface area contributed by atoms with E-state index in [1.165, 1.54) is 11.3 Å². The van der Waals surface area contributed by atoms with E-state index in [2.05, 4.69) is 11.5 Å². The molecule has 0 aliphatic carbocycles. The summed E-state index contributed by atoms with van der Waals surface area (Å²) >= 11 is 1.20. The Balaban J connectivity index is 1.67. The van der Waals surface area contributed by atoms with Gasteiger partial charge in [-0.25, -0.2) is 14.6 Å². The number of aromatic carboxylic acids is 2.